The van der Waals surface area contributed by atoms with Crippen molar-refractivity contribution in [1.82, 2.24) is 25.1 Å². The Kier molecular flexibility index (Phi) is 5.76. The lowest BCUT2D eigenvalue weighted by atomic mass is 10.0. The van der Waals surface area contributed by atoms with Gasteiger partial charge in [0.1, 0.15) is 5.75 Å². The predicted molar refractivity (Wildman–Crippen MR) is 103 cm³/mol. The number of anilines is 1. The number of tetrazole rings is 1. The fraction of sp³-hybridized carbons (Fsp3) is 0.632. The Bertz CT molecular complexity index is 688. The van der Waals surface area contributed by atoms with Gasteiger partial charge in [-0.2, -0.15) is 0 Å². The summed E-state index contributed by atoms with van der Waals surface area (Å²) in [5.41, 5.74) is 1.25. The van der Waals surface area contributed by atoms with Crippen LogP contribution >= 0.6 is 0 Å². The van der Waals surface area contributed by atoms with E-state index < -0.39 is 0 Å². The number of rotatable bonds is 6. The molecule has 2 heterocycles. The van der Waals surface area contributed by atoms with E-state index >= 15 is 0 Å². The van der Waals surface area contributed by atoms with Crippen molar-refractivity contribution in [3.05, 3.63) is 30.1 Å². The molecular weight excluding hydrogens is 328 g/mol. The molecule has 1 atom stereocenters. The maximum atomic E-state index is 5.26. The van der Waals surface area contributed by atoms with Crippen molar-refractivity contribution in [1.29, 1.82) is 0 Å². The third kappa shape index (κ3) is 3.82. The quantitative estimate of drug-likeness (QED) is 0.791. The molecule has 1 aromatic carbocycles. The van der Waals surface area contributed by atoms with Crippen molar-refractivity contribution >= 4 is 5.69 Å². The second-order valence-corrected chi connectivity index (χ2v) is 7.49. The van der Waals surface area contributed by atoms with E-state index in [0.717, 1.165) is 37.8 Å². The molecule has 2 aromatic rings. The van der Waals surface area contributed by atoms with E-state index in [9.17, 15) is 0 Å². The van der Waals surface area contributed by atoms with E-state index in [4.69, 9.17) is 4.74 Å². The number of methoxy groups -OCH3 is 1. The molecule has 1 aliphatic rings. The Hall–Kier alpha value is -2.15. The monoisotopic (exact) mass is 358 g/mol. The SMILES string of the molecule is COc1ccc(N2CCN(C(c3nnnn3C(C)C)C(C)C)CC2)cc1. The third-order valence-electron chi connectivity index (χ3n) is 5.05. The van der Waals surface area contributed by atoms with Crippen LogP contribution < -0.4 is 9.64 Å². The Morgan fingerprint density at radius 1 is 0.962 bits per heavy atom. The molecule has 1 saturated heterocycles. The summed E-state index contributed by atoms with van der Waals surface area (Å²) in [6.07, 6.45) is 0. The average molecular weight is 358 g/mol. The number of aromatic nitrogens is 4. The molecule has 0 N–H and O–H groups in total. The van der Waals surface area contributed by atoms with Crippen LogP contribution in [0.25, 0.3) is 0 Å². The molecule has 1 unspecified atom stereocenters. The van der Waals surface area contributed by atoms with Crippen LogP contribution in [0.15, 0.2) is 24.3 Å². The summed E-state index contributed by atoms with van der Waals surface area (Å²) in [5, 5.41) is 12.5. The van der Waals surface area contributed by atoms with E-state index in [1.807, 2.05) is 16.8 Å². The molecule has 7 heteroatoms. The molecule has 0 radical (unpaired) electrons. The normalized spacial score (nSPS) is 17.1. The Balaban J connectivity index is 1.71. The highest BCUT2D eigenvalue weighted by Gasteiger charge is 2.31. The van der Waals surface area contributed by atoms with Gasteiger partial charge in [-0.15, -0.1) is 5.10 Å². The molecule has 26 heavy (non-hydrogen) atoms. The lowest BCUT2D eigenvalue weighted by molar-refractivity contribution is 0.133. The number of hydrogen-bond donors (Lipinski definition) is 0. The van der Waals surface area contributed by atoms with Crippen molar-refractivity contribution in [3.63, 3.8) is 0 Å². The molecule has 0 bridgehead atoms. The molecule has 0 amide bonds. The van der Waals surface area contributed by atoms with E-state index in [1.54, 1.807) is 7.11 Å². The van der Waals surface area contributed by atoms with Gasteiger partial charge in [-0.1, -0.05) is 13.8 Å². The molecule has 3 rings (SSSR count). The summed E-state index contributed by atoms with van der Waals surface area (Å²) in [7, 11) is 1.70. The fourth-order valence-corrected chi connectivity index (χ4v) is 3.70. The summed E-state index contributed by atoms with van der Waals surface area (Å²) in [5.74, 6) is 2.33. The fourth-order valence-electron chi connectivity index (χ4n) is 3.70. The van der Waals surface area contributed by atoms with Gasteiger partial charge in [0.15, 0.2) is 5.82 Å². The highest BCUT2D eigenvalue weighted by molar-refractivity contribution is 5.49. The zero-order chi connectivity index (χ0) is 18.7. The van der Waals surface area contributed by atoms with Crippen LogP contribution in [-0.2, 0) is 0 Å². The van der Waals surface area contributed by atoms with Gasteiger partial charge in [0, 0.05) is 31.9 Å². The second-order valence-electron chi connectivity index (χ2n) is 7.49. The summed E-state index contributed by atoms with van der Waals surface area (Å²) in [6.45, 7) is 12.7. The number of piperazine rings is 1. The molecule has 7 nitrogen and oxygen atoms in total. The maximum absolute atomic E-state index is 5.26. The standard InChI is InChI=1S/C19H30N6O/c1-14(2)18(19-20-21-22-25(19)15(3)4)24-12-10-23(11-13-24)16-6-8-17(26-5)9-7-16/h6-9,14-15,18H,10-13H2,1-5H3. The molecule has 0 saturated carbocycles. The smallest absolute Gasteiger partial charge is 0.168 e. The number of benzene rings is 1. The van der Waals surface area contributed by atoms with Gasteiger partial charge in [0.05, 0.1) is 19.2 Å². The first-order valence-corrected chi connectivity index (χ1v) is 9.42. The minimum Gasteiger partial charge on any atom is -0.497 e. The number of hydrogen-bond acceptors (Lipinski definition) is 6. The van der Waals surface area contributed by atoms with Crippen molar-refractivity contribution in [2.24, 2.45) is 5.92 Å². The Morgan fingerprint density at radius 2 is 1.62 bits per heavy atom. The zero-order valence-electron chi connectivity index (χ0n) is 16.5. The first kappa shape index (κ1) is 18.6. The van der Waals surface area contributed by atoms with Crippen molar-refractivity contribution in [2.75, 3.05) is 38.2 Å². The lowest BCUT2D eigenvalue weighted by Crippen LogP contribution is -2.49. The van der Waals surface area contributed by atoms with Gasteiger partial charge >= 0.3 is 0 Å². The molecule has 1 aromatic heterocycles. The maximum Gasteiger partial charge on any atom is 0.168 e. The predicted octanol–water partition coefficient (Wildman–Crippen LogP) is 2.78. The van der Waals surface area contributed by atoms with Gasteiger partial charge in [-0.25, -0.2) is 4.68 Å². The minimum atomic E-state index is 0.241. The van der Waals surface area contributed by atoms with Crippen LogP contribution in [0.5, 0.6) is 5.75 Å². The molecular formula is C19H30N6O. The van der Waals surface area contributed by atoms with Crippen molar-refractivity contribution in [2.45, 2.75) is 39.8 Å². The first-order chi connectivity index (χ1) is 12.5. The van der Waals surface area contributed by atoms with Gasteiger partial charge < -0.3 is 9.64 Å². The first-order valence-electron chi connectivity index (χ1n) is 9.42. The zero-order valence-corrected chi connectivity index (χ0v) is 16.5. The molecule has 142 valence electrons. The highest BCUT2D eigenvalue weighted by Crippen LogP contribution is 2.30. The molecule has 0 spiro atoms. The Labute approximate surface area is 155 Å². The molecule has 1 fully saturated rings. The van der Waals surface area contributed by atoms with Crippen LogP contribution in [0.2, 0.25) is 0 Å². The lowest BCUT2D eigenvalue weighted by Gasteiger charge is -2.41. The molecule has 0 aliphatic carbocycles. The van der Waals surface area contributed by atoms with Crippen LogP contribution in [0.3, 0.4) is 0 Å². The van der Waals surface area contributed by atoms with E-state index in [-0.39, 0.29) is 12.1 Å². The highest BCUT2D eigenvalue weighted by atomic mass is 16.5. The topological polar surface area (TPSA) is 59.3 Å². The van der Waals surface area contributed by atoms with Crippen LogP contribution in [0.4, 0.5) is 5.69 Å². The van der Waals surface area contributed by atoms with Gasteiger partial charge in [0.25, 0.3) is 0 Å². The average Bonchev–Trinajstić information content (AvgIpc) is 3.12. The summed E-state index contributed by atoms with van der Waals surface area (Å²) < 4.78 is 7.21. The second kappa shape index (κ2) is 8.03. The third-order valence-corrected chi connectivity index (χ3v) is 5.05. The van der Waals surface area contributed by atoms with Crippen molar-refractivity contribution < 1.29 is 4.74 Å². The summed E-state index contributed by atoms with van der Waals surface area (Å²) in [6, 6.07) is 8.82. The van der Waals surface area contributed by atoms with E-state index in [0.29, 0.717) is 5.92 Å². The summed E-state index contributed by atoms with van der Waals surface area (Å²) in [4.78, 5) is 4.95. The van der Waals surface area contributed by atoms with Crippen molar-refractivity contribution in [3.8, 4) is 5.75 Å². The largest absolute Gasteiger partial charge is 0.497 e. The van der Waals surface area contributed by atoms with Crippen LogP contribution in [-0.4, -0.2) is 58.4 Å². The van der Waals surface area contributed by atoms with Crippen LogP contribution in [0.1, 0.15) is 45.6 Å². The Morgan fingerprint density at radius 3 is 2.15 bits per heavy atom. The number of ether oxygens (including phenoxy) is 1. The number of nitrogens with zero attached hydrogens (tertiary/aromatic N) is 6. The van der Waals surface area contributed by atoms with Gasteiger partial charge in [0.2, 0.25) is 0 Å². The minimum absolute atomic E-state index is 0.241. The van der Waals surface area contributed by atoms with Crippen LogP contribution in [0, 0.1) is 5.92 Å². The van der Waals surface area contributed by atoms with Gasteiger partial charge in [-0.3, -0.25) is 4.90 Å². The summed E-state index contributed by atoms with van der Waals surface area (Å²) >= 11 is 0. The van der Waals surface area contributed by atoms with E-state index in [2.05, 4.69) is 65.2 Å². The molecule has 1 aliphatic heterocycles. The van der Waals surface area contributed by atoms with Gasteiger partial charge in [-0.05, 0) is 54.5 Å². The van der Waals surface area contributed by atoms with E-state index in [1.165, 1.54) is 5.69 Å².